The Hall–Kier alpha value is -3.38. The average molecular weight is 621 g/mol. The SMILES string of the molecule is CN.CNC(=O)/C=C\N(C=O)C1OC(COP(NC(C)C(=O)OCc2ccccc2)Oc2ccccc2)C(C)C1C.CO. The zero-order valence-electron chi connectivity index (χ0n) is 25.6. The number of ether oxygens (including phenoxy) is 2. The summed E-state index contributed by atoms with van der Waals surface area (Å²) in [6.45, 7) is 6.00. The lowest BCUT2D eigenvalue weighted by molar-refractivity contribution is -0.146. The van der Waals surface area contributed by atoms with Crippen molar-refractivity contribution in [1.29, 1.82) is 0 Å². The third kappa shape index (κ3) is 12.8. The molecule has 1 fully saturated rings. The van der Waals surface area contributed by atoms with Gasteiger partial charge in [-0.2, -0.15) is 0 Å². The van der Waals surface area contributed by atoms with Crippen LogP contribution in [-0.2, 0) is 35.0 Å². The Morgan fingerprint density at radius 3 is 2.26 bits per heavy atom. The number of aliphatic hydroxyl groups excluding tert-OH is 1. The Kier molecular flexibility index (Phi) is 18.7. The molecule has 1 aliphatic heterocycles. The summed E-state index contributed by atoms with van der Waals surface area (Å²) in [6, 6.07) is 17.9. The van der Waals surface area contributed by atoms with E-state index in [1.807, 2.05) is 62.4 Å². The zero-order valence-corrected chi connectivity index (χ0v) is 26.5. The second-order valence-corrected chi connectivity index (χ2v) is 10.4. The van der Waals surface area contributed by atoms with Crippen molar-refractivity contribution >= 4 is 26.8 Å². The Bertz CT molecular complexity index is 1100. The van der Waals surface area contributed by atoms with Crippen molar-refractivity contribution in [3.8, 4) is 5.75 Å². The van der Waals surface area contributed by atoms with Gasteiger partial charge in [-0.1, -0.05) is 62.4 Å². The van der Waals surface area contributed by atoms with E-state index in [9.17, 15) is 14.4 Å². The Balaban J connectivity index is 0.00000221. The normalized spacial score (nSPS) is 20.4. The number of hydrogen-bond donors (Lipinski definition) is 4. The van der Waals surface area contributed by atoms with Gasteiger partial charge in [0.25, 0.3) is 0 Å². The molecule has 238 valence electrons. The van der Waals surface area contributed by atoms with E-state index < -0.39 is 26.8 Å². The van der Waals surface area contributed by atoms with Gasteiger partial charge in [-0.25, -0.2) is 5.09 Å². The summed E-state index contributed by atoms with van der Waals surface area (Å²) in [7, 11) is 2.25. The number of rotatable bonds is 14. The van der Waals surface area contributed by atoms with Crippen LogP contribution in [0.4, 0.5) is 0 Å². The molecule has 6 unspecified atom stereocenters. The number of aliphatic hydroxyl groups is 1. The summed E-state index contributed by atoms with van der Waals surface area (Å²) in [4.78, 5) is 37.3. The fourth-order valence-corrected chi connectivity index (χ4v) is 5.04. The third-order valence-corrected chi connectivity index (χ3v) is 7.76. The first kappa shape index (κ1) is 37.6. The first-order valence-electron chi connectivity index (χ1n) is 13.8. The van der Waals surface area contributed by atoms with Crippen molar-refractivity contribution in [2.24, 2.45) is 17.6 Å². The molecule has 0 spiro atoms. The molecule has 12 nitrogen and oxygen atoms in total. The van der Waals surface area contributed by atoms with Gasteiger partial charge < -0.3 is 34.7 Å². The number of esters is 1. The molecule has 0 saturated carbocycles. The van der Waals surface area contributed by atoms with Gasteiger partial charge in [-0.3, -0.25) is 19.3 Å². The maximum absolute atomic E-state index is 12.7. The van der Waals surface area contributed by atoms with E-state index in [0.717, 1.165) is 12.7 Å². The van der Waals surface area contributed by atoms with Crippen LogP contribution in [0.1, 0.15) is 26.3 Å². The molecular weight excluding hydrogens is 575 g/mol. The number of nitrogens with two attached hydrogens (primary N) is 1. The van der Waals surface area contributed by atoms with Crippen LogP contribution in [0.5, 0.6) is 5.75 Å². The topological polar surface area (TPSA) is 162 Å². The first-order chi connectivity index (χ1) is 20.8. The number of benzene rings is 2. The van der Waals surface area contributed by atoms with Crippen molar-refractivity contribution in [2.45, 2.75) is 45.8 Å². The summed E-state index contributed by atoms with van der Waals surface area (Å²) in [5.74, 6) is -0.173. The number of carbonyl (C=O) groups is 3. The number of nitrogens with zero attached hydrogens (tertiary/aromatic N) is 1. The molecule has 0 bridgehead atoms. The fraction of sp³-hybridized carbons (Fsp3) is 0.433. The summed E-state index contributed by atoms with van der Waals surface area (Å²) in [5.41, 5.74) is 5.39. The van der Waals surface area contributed by atoms with E-state index in [1.165, 1.54) is 31.3 Å². The van der Waals surface area contributed by atoms with E-state index in [1.54, 1.807) is 19.1 Å². The highest BCUT2D eigenvalue weighted by molar-refractivity contribution is 7.45. The van der Waals surface area contributed by atoms with Crippen LogP contribution < -0.4 is 20.7 Å². The Morgan fingerprint density at radius 2 is 1.67 bits per heavy atom. The minimum Gasteiger partial charge on any atom is -0.460 e. The van der Waals surface area contributed by atoms with Crippen LogP contribution in [0.2, 0.25) is 0 Å². The smallest absolute Gasteiger partial charge is 0.323 e. The quantitative estimate of drug-likeness (QED) is 0.107. The molecule has 1 aliphatic rings. The van der Waals surface area contributed by atoms with Gasteiger partial charge in [-0.05, 0) is 37.6 Å². The molecule has 5 N–H and O–H groups in total. The molecule has 2 aromatic carbocycles. The summed E-state index contributed by atoms with van der Waals surface area (Å²) in [5, 5.41) is 12.6. The minimum absolute atomic E-state index is 0.0285. The Morgan fingerprint density at radius 1 is 1.07 bits per heavy atom. The molecule has 0 aromatic heterocycles. The standard InChI is InChI=1S/C28H36N3O7P.CH5N.CH4O/c1-20-21(2)27(31(19-32)16-15-26(33)29-4)37-25(20)18-36-39(38-24-13-9-6-10-14-24)30-22(3)28(34)35-17-23-11-7-5-8-12-23;2*1-2/h5-16,19-22,25,27,30H,17-18H2,1-4H3,(H,29,33);2H2,1H3;2H,1H3/b16-15-;;. The lowest BCUT2D eigenvalue weighted by Gasteiger charge is -2.25. The van der Waals surface area contributed by atoms with Crippen LogP contribution in [0, 0.1) is 11.8 Å². The van der Waals surface area contributed by atoms with Gasteiger partial charge in [0, 0.05) is 32.4 Å². The highest BCUT2D eigenvalue weighted by atomic mass is 31.2. The molecule has 1 saturated heterocycles. The highest BCUT2D eigenvalue weighted by Gasteiger charge is 2.42. The number of likely N-dealkylation sites (N-methyl/N-ethyl adjacent to an activating group) is 1. The Labute approximate surface area is 255 Å². The summed E-state index contributed by atoms with van der Waals surface area (Å²) < 4.78 is 23.8. The second kappa shape index (κ2) is 21.3. The molecule has 0 radical (unpaired) electrons. The molecule has 6 atom stereocenters. The predicted octanol–water partition coefficient (Wildman–Crippen LogP) is 2.93. The van der Waals surface area contributed by atoms with Crippen molar-refractivity contribution in [1.82, 2.24) is 15.3 Å². The monoisotopic (exact) mass is 620 g/mol. The summed E-state index contributed by atoms with van der Waals surface area (Å²) in [6.07, 6.45) is 2.39. The molecule has 1 heterocycles. The van der Waals surface area contributed by atoms with E-state index in [-0.39, 0.29) is 37.1 Å². The van der Waals surface area contributed by atoms with Gasteiger partial charge in [0.1, 0.15) is 24.6 Å². The van der Waals surface area contributed by atoms with Crippen molar-refractivity contribution < 1.29 is 38.0 Å². The van der Waals surface area contributed by atoms with Crippen LogP contribution in [-0.4, -0.2) is 74.5 Å². The van der Waals surface area contributed by atoms with Gasteiger partial charge in [-0.15, -0.1) is 0 Å². The number of amides is 2. The number of nitrogens with one attached hydrogen (secondary N) is 2. The van der Waals surface area contributed by atoms with Crippen molar-refractivity contribution in [3.05, 3.63) is 78.5 Å². The molecular formula is C30H45N4O8P. The maximum atomic E-state index is 12.7. The third-order valence-electron chi connectivity index (χ3n) is 6.40. The first-order valence-corrected chi connectivity index (χ1v) is 14.9. The second-order valence-electron chi connectivity index (χ2n) is 9.17. The largest absolute Gasteiger partial charge is 0.460 e. The number of hydrogen-bond acceptors (Lipinski definition) is 10. The van der Waals surface area contributed by atoms with Crippen LogP contribution in [0.3, 0.4) is 0 Å². The van der Waals surface area contributed by atoms with Crippen LogP contribution >= 0.6 is 8.53 Å². The van der Waals surface area contributed by atoms with Crippen LogP contribution in [0.25, 0.3) is 0 Å². The van der Waals surface area contributed by atoms with Crippen molar-refractivity contribution in [3.63, 3.8) is 0 Å². The van der Waals surface area contributed by atoms with Crippen LogP contribution in [0.15, 0.2) is 72.9 Å². The predicted molar refractivity (Wildman–Crippen MR) is 165 cm³/mol. The average Bonchev–Trinajstić information content (AvgIpc) is 3.34. The van der Waals surface area contributed by atoms with Gasteiger partial charge >= 0.3 is 14.5 Å². The molecule has 13 heteroatoms. The molecule has 2 aromatic rings. The van der Waals surface area contributed by atoms with E-state index in [4.69, 9.17) is 23.6 Å². The molecule has 2 amide bonds. The maximum Gasteiger partial charge on any atom is 0.323 e. The highest BCUT2D eigenvalue weighted by Crippen LogP contribution is 2.40. The van der Waals surface area contributed by atoms with Crippen molar-refractivity contribution in [2.75, 3.05) is 27.8 Å². The molecule has 0 aliphatic carbocycles. The number of para-hydroxylation sites is 1. The lowest BCUT2D eigenvalue weighted by Crippen LogP contribution is -2.35. The van der Waals surface area contributed by atoms with E-state index in [2.05, 4.69) is 16.1 Å². The van der Waals surface area contributed by atoms with E-state index >= 15 is 0 Å². The molecule has 43 heavy (non-hydrogen) atoms. The lowest BCUT2D eigenvalue weighted by atomic mass is 9.93. The zero-order chi connectivity index (χ0) is 32.2. The van der Waals surface area contributed by atoms with Gasteiger partial charge in [0.2, 0.25) is 12.3 Å². The summed E-state index contributed by atoms with van der Waals surface area (Å²) >= 11 is 0. The van der Waals surface area contributed by atoms with Gasteiger partial charge in [0.05, 0.1) is 12.7 Å². The van der Waals surface area contributed by atoms with Gasteiger partial charge in [0.15, 0.2) is 0 Å². The van der Waals surface area contributed by atoms with E-state index in [0.29, 0.717) is 12.2 Å². The minimum atomic E-state index is -1.76. The fourth-order valence-electron chi connectivity index (χ4n) is 3.85. The molecule has 3 rings (SSSR count). The number of carbonyl (C=O) groups excluding carboxylic acids is 3.